The van der Waals surface area contributed by atoms with E-state index in [1.54, 1.807) is 12.1 Å². The van der Waals surface area contributed by atoms with E-state index in [2.05, 4.69) is 0 Å². The lowest BCUT2D eigenvalue weighted by molar-refractivity contribution is 0.178. The zero-order chi connectivity index (χ0) is 10.2. The number of hydrogen-bond acceptors (Lipinski definition) is 4. The van der Waals surface area contributed by atoms with Crippen LogP contribution < -0.4 is 9.47 Å². The monoisotopic (exact) mass is 198 g/mol. The van der Waals surface area contributed by atoms with Crippen LogP contribution in [0.2, 0.25) is 0 Å². The van der Waals surface area contributed by atoms with E-state index >= 15 is 0 Å². The summed E-state index contributed by atoms with van der Waals surface area (Å²) in [4.78, 5) is 0. The Morgan fingerprint density at radius 3 is 1.64 bits per heavy atom. The molecule has 0 aromatic heterocycles. The molecule has 1 aromatic rings. The lowest BCUT2D eigenvalue weighted by atomic mass is 10.3. The molecule has 0 bridgehead atoms. The van der Waals surface area contributed by atoms with Crippen molar-refractivity contribution in [2.45, 2.75) is 0 Å². The molecule has 0 unspecified atom stereocenters. The molecule has 0 heterocycles. The maximum absolute atomic E-state index is 8.59. The fourth-order valence-corrected chi connectivity index (χ4v) is 1.000. The highest BCUT2D eigenvalue weighted by Gasteiger charge is 2.02. The van der Waals surface area contributed by atoms with E-state index in [0.717, 1.165) is 0 Å². The van der Waals surface area contributed by atoms with E-state index in [9.17, 15) is 0 Å². The van der Waals surface area contributed by atoms with Crippen molar-refractivity contribution in [1.82, 2.24) is 0 Å². The molecular weight excluding hydrogens is 184 g/mol. The van der Waals surface area contributed by atoms with Gasteiger partial charge in [0.2, 0.25) is 0 Å². The quantitative estimate of drug-likeness (QED) is 0.696. The SMILES string of the molecule is OCCOc1ccccc1OCCO. The number of aliphatic hydroxyl groups excluding tert-OH is 2. The summed E-state index contributed by atoms with van der Waals surface area (Å²) in [6.45, 7) is 0.404. The Labute approximate surface area is 82.7 Å². The summed E-state index contributed by atoms with van der Waals surface area (Å²) < 4.78 is 10.5. The molecule has 0 aliphatic heterocycles. The standard InChI is InChI=1S/C10H14O4/c11-5-7-13-9-3-1-2-4-10(9)14-8-6-12/h1-4,11-12H,5-8H2. The third-order valence-corrected chi connectivity index (χ3v) is 1.55. The number of para-hydroxylation sites is 2. The third kappa shape index (κ3) is 3.24. The molecule has 0 aliphatic carbocycles. The van der Waals surface area contributed by atoms with Gasteiger partial charge in [-0.25, -0.2) is 0 Å². The van der Waals surface area contributed by atoms with E-state index in [1.165, 1.54) is 0 Å². The molecule has 4 nitrogen and oxygen atoms in total. The number of rotatable bonds is 6. The molecule has 0 aliphatic rings. The van der Waals surface area contributed by atoms with Gasteiger partial charge in [0, 0.05) is 0 Å². The van der Waals surface area contributed by atoms with E-state index in [0.29, 0.717) is 11.5 Å². The van der Waals surface area contributed by atoms with Crippen molar-refractivity contribution in [2.75, 3.05) is 26.4 Å². The second-order valence-electron chi connectivity index (χ2n) is 2.59. The Hall–Kier alpha value is -1.26. The van der Waals surface area contributed by atoms with Crippen molar-refractivity contribution < 1.29 is 19.7 Å². The summed E-state index contributed by atoms with van der Waals surface area (Å²) in [6.07, 6.45) is 0. The summed E-state index contributed by atoms with van der Waals surface area (Å²) in [5.41, 5.74) is 0. The predicted molar refractivity (Wildman–Crippen MR) is 51.6 cm³/mol. The van der Waals surface area contributed by atoms with Crippen LogP contribution in [0, 0.1) is 0 Å². The first-order chi connectivity index (χ1) is 6.88. The zero-order valence-corrected chi connectivity index (χ0v) is 7.85. The fraction of sp³-hybridized carbons (Fsp3) is 0.400. The van der Waals surface area contributed by atoms with E-state index < -0.39 is 0 Å². The zero-order valence-electron chi connectivity index (χ0n) is 7.85. The second-order valence-corrected chi connectivity index (χ2v) is 2.59. The third-order valence-electron chi connectivity index (χ3n) is 1.55. The van der Waals surface area contributed by atoms with Crippen LogP contribution in [-0.4, -0.2) is 36.6 Å². The van der Waals surface area contributed by atoms with Gasteiger partial charge in [-0.2, -0.15) is 0 Å². The Morgan fingerprint density at radius 2 is 1.29 bits per heavy atom. The van der Waals surface area contributed by atoms with Gasteiger partial charge in [-0.05, 0) is 12.1 Å². The molecule has 0 saturated heterocycles. The van der Waals surface area contributed by atoms with Crippen LogP contribution in [-0.2, 0) is 0 Å². The first-order valence-corrected chi connectivity index (χ1v) is 4.45. The van der Waals surface area contributed by atoms with Gasteiger partial charge in [0.25, 0.3) is 0 Å². The normalized spacial score (nSPS) is 9.86. The van der Waals surface area contributed by atoms with Crippen LogP contribution >= 0.6 is 0 Å². The van der Waals surface area contributed by atoms with Crippen LogP contribution in [0.5, 0.6) is 11.5 Å². The molecule has 14 heavy (non-hydrogen) atoms. The lowest BCUT2D eigenvalue weighted by Crippen LogP contribution is -2.06. The Bertz CT molecular complexity index is 235. The van der Waals surface area contributed by atoms with Gasteiger partial charge in [-0.15, -0.1) is 0 Å². The molecule has 1 aromatic carbocycles. The molecule has 0 saturated carbocycles. The number of benzene rings is 1. The molecule has 2 N–H and O–H groups in total. The lowest BCUT2D eigenvalue weighted by Gasteiger charge is -2.10. The molecule has 0 atom stereocenters. The largest absolute Gasteiger partial charge is 0.487 e. The average molecular weight is 198 g/mol. The van der Waals surface area contributed by atoms with Gasteiger partial charge in [0.05, 0.1) is 13.2 Å². The highest BCUT2D eigenvalue weighted by atomic mass is 16.5. The molecule has 1 rings (SSSR count). The second kappa shape index (κ2) is 6.23. The van der Waals surface area contributed by atoms with Crippen LogP contribution in [0.1, 0.15) is 0 Å². The van der Waals surface area contributed by atoms with Crippen molar-refractivity contribution in [3.05, 3.63) is 24.3 Å². The highest BCUT2D eigenvalue weighted by Crippen LogP contribution is 2.25. The minimum absolute atomic E-state index is 0.0334. The van der Waals surface area contributed by atoms with Crippen LogP contribution in [0.3, 0.4) is 0 Å². The van der Waals surface area contributed by atoms with Crippen molar-refractivity contribution in [3.63, 3.8) is 0 Å². The van der Waals surface area contributed by atoms with Gasteiger partial charge in [0.1, 0.15) is 13.2 Å². The van der Waals surface area contributed by atoms with Crippen LogP contribution in [0.4, 0.5) is 0 Å². The minimum Gasteiger partial charge on any atom is -0.487 e. The van der Waals surface area contributed by atoms with Crippen molar-refractivity contribution in [2.24, 2.45) is 0 Å². The molecule has 0 fully saturated rings. The summed E-state index contributed by atoms with van der Waals surface area (Å²) >= 11 is 0. The van der Waals surface area contributed by atoms with Crippen molar-refractivity contribution >= 4 is 0 Å². The predicted octanol–water partition coefficient (Wildman–Crippen LogP) is 0.429. The molecule has 0 radical (unpaired) electrons. The van der Waals surface area contributed by atoms with Crippen molar-refractivity contribution in [1.29, 1.82) is 0 Å². The Morgan fingerprint density at radius 1 is 0.857 bits per heavy atom. The van der Waals surface area contributed by atoms with E-state index in [-0.39, 0.29) is 26.4 Å². The van der Waals surface area contributed by atoms with Crippen LogP contribution in [0.25, 0.3) is 0 Å². The van der Waals surface area contributed by atoms with Crippen molar-refractivity contribution in [3.8, 4) is 11.5 Å². The summed E-state index contributed by atoms with van der Waals surface area (Å²) in [7, 11) is 0. The first-order valence-electron chi connectivity index (χ1n) is 4.45. The number of hydrogen-bond donors (Lipinski definition) is 2. The summed E-state index contributed by atoms with van der Waals surface area (Å²) in [5.74, 6) is 1.16. The van der Waals surface area contributed by atoms with Gasteiger partial charge < -0.3 is 19.7 Å². The minimum atomic E-state index is -0.0334. The number of aliphatic hydroxyl groups is 2. The molecule has 4 heteroatoms. The van der Waals surface area contributed by atoms with Gasteiger partial charge >= 0.3 is 0 Å². The summed E-state index contributed by atoms with van der Waals surface area (Å²) in [5, 5.41) is 17.2. The van der Waals surface area contributed by atoms with Crippen LogP contribution in [0.15, 0.2) is 24.3 Å². The smallest absolute Gasteiger partial charge is 0.161 e. The molecule has 0 amide bonds. The average Bonchev–Trinajstić information content (AvgIpc) is 2.24. The maximum atomic E-state index is 8.59. The fourth-order valence-electron chi connectivity index (χ4n) is 1.000. The topological polar surface area (TPSA) is 58.9 Å². The number of ether oxygens (including phenoxy) is 2. The van der Waals surface area contributed by atoms with Gasteiger partial charge in [-0.3, -0.25) is 0 Å². The molecular formula is C10H14O4. The highest BCUT2D eigenvalue weighted by molar-refractivity contribution is 5.39. The molecule has 78 valence electrons. The van der Waals surface area contributed by atoms with E-state index in [4.69, 9.17) is 19.7 Å². The Balaban J connectivity index is 2.60. The van der Waals surface area contributed by atoms with Gasteiger partial charge in [0.15, 0.2) is 11.5 Å². The summed E-state index contributed by atoms with van der Waals surface area (Å²) in [6, 6.07) is 7.14. The first kappa shape index (κ1) is 10.8. The van der Waals surface area contributed by atoms with E-state index in [1.807, 2.05) is 12.1 Å². The Kier molecular flexibility index (Phi) is 4.82. The maximum Gasteiger partial charge on any atom is 0.161 e. The van der Waals surface area contributed by atoms with Gasteiger partial charge in [-0.1, -0.05) is 12.1 Å². The molecule has 0 spiro atoms.